The Hall–Kier alpha value is -0.630. The van der Waals surface area contributed by atoms with E-state index in [1.807, 2.05) is 0 Å². The fourth-order valence-corrected chi connectivity index (χ4v) is 3.15. The van der Waals surface area contributed by atoms with Gasteiger partial charge in [-0.25, -0.2) is 0 Å². The summed E-state index contributed by atoms with van der Waals surface area (Å²) >= 11 is 0. The highest BCUT2D eigenvalue weighted by atomic mass is 16.5. The molecule has 2 heterocycles. The third kappa shape index (κ3) is 0.924. The average molecular weight is 193 g/mol. The third-order valence-electron chi connectivity index (χ3n) is 3.95. The van der Waals surface area contributed by atoms with Gasteiger partial charge in [0.05, 0.1) is 19.3 Å². The van der Waals surface area contributed by atoms with Gasteiger partial charge in [-0.05, 0) is 0 Å². The normalized spacial score (nSPS) is 47.1. The van der Waals surface area contributed by atoms with Gasteiger partial charge in [0.25, 0.3) is 0 Å². The lowest BCUT2D eigenvalue weighted by atomic mass is 10.1. The van der Waals surface area contributed by atoms with Crippen molar-refractivity contribution in [2.45, 2.75) is 5.54 Å². The Morgan fingerprint density at radius 3 is 2.50 bits per heavy atom. The van der Waals surface area contributed by atoms with Crippen molar-refractivity contribution in [1.82, 2.24) is 10.2 Å². The predicted molar refractivity (Wildman–Crippen MR) is 50.6 cm³/mol. The molecule has 76 valence electrons. The summed E-state index contributed by atoms with van der Waals surface area (Å²) in [6, 6.07) is 2.55. The Morgan fingerprint density at radius 2 is 1.93 bits per heavy atom. The fraction of sp³-hybridized carbons (Fsp3) is 0.900. The van der Waals surface area contributed by atoms with Crippen LogP contribution in [0.1, 0.15) is 0 Å². The van der Waals surface area contributed by atoms with E-state index in [2.05, 4.69) is 16.3 Å². The lowest BCUT2D eigenvalue weighted by molar-refractivity contribution is 0.0143. The maximum atomic E-state index is 9.35. The van der Waals surface area contributed by atoms with Gasteiger partial charge in [0.15, 0.2) is 0 Å². The zero-order valence-corrected chi connectivity index (χ0v) is 8.20. The van der Waals surface area contributed by atoms with Gasteiger partial charge in [0, 0.05) is 38.0 Å². The first-order valence-electron chi connectivity index (χ1n) is 5.34. The third-order valence-corrected chi connectivity index (χ3v) is 3.95. The molecule has 3 aliphatic rings. The Morgan fingerprint density at radius 1 is 1.29 bits per heavy atom. The summed E-state index contributed by atoms with van der Waals surface area (Å²) in [6.07, 6.45) is 0. The molecule has 1 N–H and O–H groups in total. The Kier molecular flexibility index (Phi) is 1.81. The highest BCUT2D eigenvalue weighted by Gasteiger charge is 2.70. The molecule has 1 aliphatic carbocycles. The lowest BCUT2D eigenvalue weighted by Crippen LogP contribution is -2.49. The molecule has 4 nitrogen and oxygen atoms in total. The number of nitrogens with zero attached hydrogens (tertiary/aromatic N) is 2. The molecule has 0 aromatic heterocycles. The minimum absolute atomic E-state index is 0.130. The summed E-state index contributed by atoms with van der Waals surface area (Å²) < 4.78 is 5.32. The number of ether oxygens (including phenoxy) is 1. The molecule has 3 atom stereocenters. The monoisotopic (exact) mass is 193 g/mol. The molecule has 2 saturated heterocycles. The summed E-state index contributed by atoms with van der Waals surface area (Å²) in [5.74, 6) is 1.15. The molecule has 0 spiro atoms. The summed E-state index contributed by atoms with van der Waals surface area (Å²) in [5, 5.41) is 12.7. The van der Waals surface area contributed by atoms with E-state index in [0.29, 0.717) is 11.8 Å². The molecule has 14 heavy (non-hydrogen) atoms. The van der Waals surface area contributed by atoms with Gasteiger partial charge >= 0.3 is 0 Å². The highest BCUT2D eigenvalue weighted by molar-refractivity contribution is 5.33. The summed E-state index contributed by atoms with van der Waals surface area (Å²) in [4.78, 5) is 2.34. The maximum Gasteiger partial charge on any atom is 0.118 e. The molecule has 0 aromatic carbocycles. The smallest absolute Gasteiger partial charge is 0.118 e. The lowest BCUT2D eigenvalue weighted by Gasteiger charge is -2.33. The highest BCUT2D eigenvalue weighted by Crippen LogP contribution is 2.56. The molecule has 2 aliphatic heterocycles. The van der Waals surface area contributed by atoms with Crippen molar-refractivity contribution < 1.29 is 4.74 Å². The number of hydrogen-bond donors (Lipinski definition) is 1. The number of morpholine rings is 1. The minimum Gasteiger partial charge on any atom is -0.379 e. The van der Waals surface area contributed by atoms with Crippen molar-refractivity contribution in [1.29, 1.82) is 5.26 Å². The first-order chi connectivity index (χ1) is 6.89. The van der Waals surface area contributed by atoms with Crippen LogP contribution in [0.25, 0.3) is 0 Å². The minimum atomic E-state index is -0.130. The van der Waals surface area contributed by atoms with Crippen LogP contribution in [0.15, 0.2) is 0 Å². The van der Waals surface area contributed by atoms with Crippen molar-refractivity contribution in [3.8, 4) is 6.07 Å². The van der Waals surface area contributed by atoms with Crippen LogP contribution in [-0.2, 0) is 4.74 Å². The molecule has 1 unspecified atom stereocenters. The van der Waals surface area contributed by atoms with Crippen molar-refractivity contribution in [2.75, 3.05) is 39.4 Å². The fourth-order valence-electron chi connectivity index (χ4n) is 3.15. The van der Waals surface area contributed by atoms with E-state index >= 15 is 0 Å². The molecule has 0 aromatic rings. The molecule has 0 radical (unpaired) electrons. The van der Waals surface area contributed by atoms with Crippen LogP contribution in [0, 0.1) is 23.2 Å². The zero-order chi connectivity index (χ0) is 9.60. The number of hydrogen-bond acceptors (Lipinski definition) is 4. The van der Waals surface area contributed by atoms with Gasteiger partial charge in [0.2, 0.25) is 0 Å². The zero-order valence-electron chi connectivity index (χ0n) is 8.20. The van der Waals surface area contributed by atoms with Gasteiger partial charge in [-0.3, -0.25) is 4.90 Å². The topological polar surface area (TPSA) is 48.3 Å². The second kappa shape index (κ2) is 2.93. The number of fused-ring (bicyclic) bond motifs is 1. The van der Waals surface area contributed by atoms with Gasteiger partial charge in [0.1, 0.15) is 5.54 Å². The van der Waals surface area contributed by atoms with Crippen LogP contribution in [-0.4, -0.2) is 49.8 Å². The standard InChI is InChI=1S/C10H15N3O/c11-7-10(8-5-12-6-9(8)10)13-1-3-14-4-2-13/h8-9,12H,1-6H2/t8-,9+,10?. The van der Waals surface area contributed by atoms with E-state index < -0.39 is 0 Å². The molecule has 0 bridgehead atoms. The molecule has 3 rings (SSSR count). The molecule has 4 heteroatoms. The van der Waals surface area contributed by atoms with Crippen molar-refractivity contribution in [2.24, 2.45) is 11.8 Å². The molecule has 3 fully saturated rings. The molecular weight excluding hydrogens is 178 g/mol. The second-order valence-electron chi connectivity index (χ2n) is 4.41. The largest absolute Gasteiger partial charge is 0.379 e. The number of nitriles is 1. The van der Waals surface area contributed by atoms with Crippen LogP contribution >= 0.6 is 0 Å². The number of piperidine rings is 1. The number of nitrogens with one attached hydrogen (secondary N) is 1. The molecule has 0 amide bonds. The first kappa shape index (κ1) is 8.66. The van der Waals surface area contributed by atoms with Gasteiger partial charge < -0.3 is 10.1 Å². The average Bonchev–Trinajstić information content (AvgIpc) is 2.62. The molecular formula is C10H15N3O. The van der Waals surface area contributed by atoms with Crippen LogP contribution in [0.5, 0.6) is 0 Å². The SMILES string of the molecule is N#CC1(N2CCOCC2)[C@@H]2CNC[C@@H]21. The van der Waals surface area contributed by atoms with Crippen molar-refractivity contribution in [3.63, 3.8) is 0 Å². The predicted octanol–water partition coefficient (Wildman–Crippen LogP) is -0.570. The van der Waals surface area contributed by atoms with Gasteiger partial charge in [-0.15, -0.1) is 0 Å². The van der Waals surface area contributed by atoms with Crippen LogP contribution < -0.4 is 5.32 Å². The maximum absolute atomic E-state index is 9.35. The Balaban J connectivity index is 1.79. The Labute approximate surface area is 83.8 Å². The van der Waals surface area contributed by atoms with Crippen LogP contribution in [0.3, 0.4) is 0 Å². The summed E-state index contributed by atoms with van der Waals surface area (Å²) in [7, 11) is 0. The van der Waals surface area contributed by atoms with E-state index in [9.17, 15) is 5.26 Å². The number of rotatable bonds is 1. The van der Waals surface area contributed by atoms with E-state index in [1.54, 1.807) is 0 Å². The van der Waals surface area contributed by atoms with Crippen molar-refractivity contribution >= 4 is 0 Å². The van der Waals surface area contributed by atoms with E-state index in [-0.39, 0.29) is 5.54 Å². The van der Waals surface area contributed by atoms with E-state index in [0.717, 1.165) is 39.4 Å². The first-order valence-corrected chi connectivity index (χ1v) is 5.34. The second-order valence-corrected chi connectivity index (χ2v) is 4.41. The van der Waals surface area contributed by atoms with E-state index in [1.165, 1.54) is 0 Å². The quantitative estimate of drug-likeness (QED) is 0.606. The van der Waals surface area contributed by atoms with Crippen molar-refractivity contribution in [3.05, 3.63) is 0 Å². The Bertz CT molecular complexity index is 270. The summed E-state index contributed by atoms with van der Waals surface area (Å²) in [5.41, 5.74) is -0.130. The van der Waals surface area contributed by atoms with Gasteiger partial charge in [-0.1, -0.05) is 0 Å². The molecule has 1 saturated carbocycles. The summed E-state index contributed by atoms with van der Waals surface area (Å²) in [6.45, 7) is 5.49. The van der Waals surface area contributed by atoms with Gasteiger partial charge in [-0.2, -0.15) is 5.26 Å². The van der Waals surface area contributed by atoms with Crippen LogP contribution in [0.2, 0.25) is 0 Å². The van der Waals surface area contributed by atoms with Crippen LogP contribution in [0.4, 0.5) is 0 Å². The van der Waals surface area contributed by atoms with E-state index in [4.69, 9.17) is 4.74 Å².